The van der Waals surface area contributed by atoms with Gasteiger partial charge in [0.05, 0.1) is 5.54 Å². The van der Waals surface area contributed by atoms with E-state index in [0.29, 0.717) is 18.7 Å². The monoisotopic (exact) mass is 423 g/mol. The second-order valence-electron chi connectivity index (χ2n) is 8.18. The molecule has 158 valence electrons. The van der Waals surface area contributed by atoms with Gasteiger partial charge in [-0.25, -0.2) is 4.39 Å². The maximum Gasteiger partial charge on any atom is 0.488 e. The normalized spacial score (nSPS) is 13.7. The molecular formula is C27H23BFNO2. The highest BCUT2D eigenvalue weighted by atomic mass is 19.1. The molecule has 32 heavy (non-hydrogen) atoms. The Labute approximate surface area is 187 Å². The Balaban J connectivity index is 1.75. The first-order valence-electron chi connectivity index (χ1n) is 10.7. The van der Waals surface area contributed by atoms with E-state index in [2.05, 4.69) is 41.3 Å². The fourth-order valence-electron chi connectivity index (χ4n) is 4.96. The molecule has 0 unspecified atom stereocenters. The lowest BCUT2D eigenvalue weighted by Crippen LogP contribution is -2.45. The molecule has 0 radical (unpaired) electrons. The van der Waals surface area contributed by atoms with E-state index < -0.39 is 18.5 Å². The summed E-state index contributed by atoms with van der Waals surface area (Å²) in [6, 6.07) is 33.8. The number of halogens is 1. The Hall–Kier alpha value is -3.25. The third-order valence-electron chi connectivity index (χ3n) is 6.37. The molecule has 5 heteroatoms. The number of hydrogen-bond donors (Lipinski definition) is 2. The highest BCUT2D eigenvalue weighted by Crippen LogP contribution is 2.46. The summed E-state index contributed by atoms with van der Waals surface area (Å²) in [5.74, 6) is -0.406. The third kappa shape index (κ3) is 3.35. The SMILES string of the molecule is OB(O)c1cc(F)c2c(c1)CN(C(c1ccccc1)(c1ccccc1)c1ccccc1)C2. The lowest BCUT2D eigenvalue weighted by Gasteiger charge is -2.43. The molecule has 4 aromatic carbocycles. The van der Waals surface area contributed by atoms with E-state index in [1.165, 1.54) is 6.07 Å². The predicted molar refractivity (Wildman–Crippen MR) is 125 cm³/mol. The zero-order chi connectivity index (χ0) is 22.1. The van der Waals surface area contributed by atoms with Crippen LogP contribution in [0.5, 0.6) is 0 Å². The van der Waals surface area contributed by atoms with Gasteiger partial charge >= 0.3 is 7.12 Å². The first-order valence-corrected chi connectivity index (χ1v) is 10.7. The zero-order valence-corrected chi connectivity index (χ0v) is 17.5. The zero-order valence-electron chi connectivity index (χ0n) is 17.5. The van der Waals surface area contributed by atoms with E-state index in [0.717, 1.165) is 22.3 Å². The fourth-order valence-corrected chi connectivity index (χ4v) is 4.96. The molecular weight excluding hydrogens is 400 g/mol. The average Bonchev–Trinajstić information content (AvgIpc) is 3.27. The quantitative estimate of drug-likeness (QED) is 0.379. The van der Waals surface area contributed by atoms with Crippen LogP contribution >= 0.6 is 0 Å². The summed E-state index contributed by atoms with van der Waals surface area (Å²) in [6.45, 7) is 0.882. The van der Waals surface area contributed by atoms with Gasteiger partial charge in [-0.3, -0.25) is 4.90 Å². The second-order valence-corrected chi connectivity index (χ2v) is 8.18. The summed E-state index contributed by atoms with van der Waals surface area (Å²) in [5, 5.41) is 19.2. The van der Waals surface area contributed by atoms with Crippen molar-refractivity contribution in [2.75, 3.05) is 0 Å². The van der Waals surface area contributed by atoms with Crippen molar-refractivity contribution in [2.45, 2.75) is 18.6 Å². The van der Waals surface area contributed by atoms with Gasteiger partial charge in [0.2, 0.25) is 0 Å². The molecule has 0 saturated heterocycles. The highest BCUT2D eigenvalue weighted by Gasteiger charge is 2.45. The maximum absolute atomic E-state index is 15.0. The molecule has 2 N–H and O–H groups in total. The van der Waals surface area contributed by atoms with Crippen LogP contribution < -0.4 is 5.46 Å². The molecule has 1 aliphatic rings. The number of benzene rings is 4. The molecule has 0 bridgehead atoms. The molecule has 0 amide bonds. The molecule has 0 fully saturated rings. The first-order chi connectivity index (χ1) is 15.6. The van der Waals surface area contributed by atoms with Crippen LogP contribution in [0.2, 0.25) is 0 Å². The smallest absolute Gasteiger partial charge is 0.423 e. The van der Waals surface area contributed by atoms with E-state index in [1.807, 2.05) is 54.6 Å². The van der Waals surface area contributed by atoms with E-state index >= 15 is 4.39 Å². The molecule has 5 rings (SSSR count). The Kier molecular flexibility index (Phi) is 5.39. The van der Waals surface area contributed by atoms with Crippen LogP contribution in [0.3, 0.4) is 0 Å². The van der Waals surface area contributed by atoms with Gasteiger partial charge in [0.25, 0.3) is 0 Å². The minimum absolute atomic E-state index is 0.174. The van der Waals surface area contributed by atoms with Gasteiger partial charge < -0.3 is 10.0 Å². The summed E-state index contributed by atoms with van der Waals surface area (Å²) in [4.78, 5) is 2.27. The summed E-state index contributed by atoms with van der Waals surface area (Å²) >= 11 is 0. The molecule has 0 aromatic heterocycles. The Morgan fingerprint density at radius 1 is 0.688 bits per heavy atom. The van der Waals surface area contributed by atoms with Gasteiger partial charge in [0, 0.05) is 18.7 Å². The van der Waals surface area contributed by atoms with Gasteiger partial charge in [0.15, 0.2) is 0 Å². The summed E-state index contributed by atoms with van der Waals surface area (Å²) in [6.07, 6.45) is 0. The predicted octanol–water partition coefficient (Wildman–Crippen LogP) is 3.81. The van der Waals surface area contributed by atoms with Crippen molar-refractivity contribution in [3.63, 3.8) is 0 Å². The molecule has 1 heterocycles. The van der Waals surface area contributed by atoms with Crippen molar-refractivity contribution in [3.05, 3.63) is 137 Å². The second kappa shape index (κ2) is 8.36. The number of fused-ring (bicyclic) bond motifs is 1. The van der Waals surface area contributed by atoms with E-state index in [9.17, 15) is 10.0 Å². The van der Waals surface area contributed by atoms with Crippen molar-refractivity contribution in [1.82, 2.24) is 4.90 Å². The van der Waals surface area contributed by atoms with E-state index in [1.54, 1.807) is 6.07 Å². The first kappa shape index (κ1) is 20.6. The Morgan fingerprint density at radius 3 is 1.59 bits per heavy atom. The lowest BCUT2D eigenvalue weighted by atomic mass is 9.75. The van der Waals surface area contributed by atoms with Crippen LogP contribution in [-0.4, -0.2) is 22.1 Å². The van der Waals surface area contributed by atoms with Gasteiger partial charge in [0.1, 0.15) is 5.82 Å². The van der Waals surface area contributed by atoms with Crippen molar-refractivity contribution >= 4 is 12.6 Å². The highest BCUT2D eigenvalue weighted by molar-refractivity contribution is 6.58. The summed E-state index contributed by atoms with van der Waals surface area (Å²) in [7, 11) is -1.70. The molecule has 0 saturated carbocycles. The van der Waals surface area contributed by atoms with Crippen LogP contribution in [0.4, 0.5) is 4.39 Å². The number of nitrogens with zero attached hydrogens (tertiary/aromatic N) is 1. The molecule has 1 aliphatic heterocycles. The number of rotatable bonds is 5. The Bertz CT molecular complexity index is 1120. The molecule has 3 nitrogen and oxygen atoms in total. The molecule has 0 aliphatic carbocycles. The van der Waals surface area contributed by atoms with Crippen molar-refractivity contribution < 1.29 is 14.4 Å². The van der Waals surface area contributed by atoms with Crippen molar-refractivity contribution in [1.29, 1.82) is 0 Å². The maximum atomic E-state index is 15.0. The summed E-state index contributed by atoms with van der Waals surface area (Å²) in [5.41, 5.74) is 4.18. The molecule has 4 aromatic rings. The van der Waals surface area contributed by atoms with Gasteiger partial charge in [-0.05, 0) is 33.8 Å². The van der Waals surface area contributed by atoms with Crippen LogP contribution in [0.1, 0.15) is 27.8 Å². The van der Waals surface area contributed by atoms with Gasteiger partial charge in [-0.15, -0.1) is 0 Å². The average molecular weight is 423 g/mol. The summed E-state index contributed by atoms with van der Waals surface area (Å²) < 4.78 is 15.0. The van der Waals surface area contributed by atoms with Crippen LogP contribution in [0.15, 0.2) is 103 Å². The third-order valence-corrected chi connectivity index (χ3v) is 6.37. The topological polar surface area (TPSA) is 43.7 Å². The molecule has 0 spiro atoms. The van der Waals surface area contributed by atoms with E-state index in [-0.39, 0.29) is 5.46 Å². The Morgan fingerprint density at radius 2 is 1.16 bits per heavy atom. The van der Waals surface area contributed by atoms with Gasteiger partial charge in [-0.2, -0.15) is 0 Å². The van der Waals surface area contributed by atoms with E-state index in [4.69, 9.17) is 0 Å². The molecule has 0 atom stereocenters. The van der Waals surface area contributed by atoms with Crippen LogP contribution in [-0.2, 0) is 18.6 Å². The minimum atomic E-state index is -1.70. The lowest BCUT2D eigenvalue weighted by molar-refractivity contribution is 0.156. The minimum Gasteiger partial charge on any atom is -0.423 e. The largest absolute Gasteiger partial charge is 0.488 e. The number of hydrogen-bond acceptors (Lipinski definition) is 3. The fraction of sp³-hybridized carbons (Fsp3) is 0.111. The van der Waals surface area contributed by atoms with Crippen LogP contribution in [0, 0.1) is 5.82 Å². The van der Waals surface area contributed by atoms with Crippen LogP contribution in [0.25, 0.3) is 0 Å². The standard InChI is InChI=1S/C27H23BFNO2/c29-26-17-24(28(31)32)16-20-18-30(19-25(20)26)27(21-10-4-1-5-11-21,22-12-6-2-7-13-22)23-14-8-3-9-15-23/h1-17,31-32H,18-19H2. The van der Waals surface area contributed by atoms with Crippen molar-refractivity contribution in [3.8, 4) is 0 Å². The van der Waals surface area contributed by atoms with Gasteiger partial charge in [-0.1, -0.05) is 97.1 Å². The van der Waals surface area contributed by atoms with Crippen molar-refractivity contribution in [2.24, 2.45) is 0 Å².